The van der Waals surface area contributed by atoms with Gasteiger partial charge in [-0.25, -0.2) is 0 Å². The second-order valence-corrected chi connectivity index (χ2v) is 6.92. The van der Waals surface area contributed by atoms with Gasteiger partial charge in [-0.15, -0.1) is 12.4 Å². The van der Waals surface area contributed by atoms with Crippen molar-refractivity contribution in [3.8, 4) is 5.75 Å². The first-order chi connectivity index (χ1) is 13.7. The van der Waals surface area contributed by atoms with Gasteiger partial charge in [-0.3, -0.25) is 9.59 Å². The third kappa shape index (κ3) is 6.21. The zero-order valence-electron chi connectivity index (χ0n) is 16.3. The smallest absolute Gasteiger partial charge is 0.268 e. The van der Waals surface area contributed by atoms with Gasteiger partial charge in [0.2, 0.25) is 12.0 Å². The molecule has 0 bridgehead atoms. The first-order valence-corrected chi connectivity index (χ1v) is 9.72. The zero-order chi connectivity index (χ0) is 19.8. The Balaban J connectivity index is 0.00000300. The van der Waals surface area contributed by atoms with Crippen LogP contribution in [0.1, 0.15) is 24.5 Å². The van der Waals surface area contributed by atoms with E-state index in [1.807, 2.05) is 60.7 Å². The molecule has 7 heteroatoms. The molecular weight excluding hydrogens is 390 g/mol. The minimum absolute atomic E-state index is 0. The number of likely N-dealkylation sites (tertiary alicyclic amines) is 1. The third-order valence-electron chi connectivity index (χ3n) is 4.87. The average Bonchev–Trinajstić information content (AvgIpc) is 2.76. The van der Waals surface area contributed by atoms with Crippen LogP contribution in [0.3, 0.4) is 0 Å². The van der Waals surface area contributed by atoms with E-state index < -0.39 is 6.10 Å². The molecule has 156 valence electrons. The average molecular weight is 418 g/mol. The van der Waals surface area contributed by atoms with E-state index in [2.05, 4.69) is 5.32 Å². The quantitative estimate of drug-likeness (QED) is 0.725. The van der Waals surface area contributed by atoms with Crippen LogP contribution in [0.4, 0.5) is 0 Å². The fraction of sp³-hybridized carbons (Fsp3) is 0.364. The molecule has 6 nitrogen and oxygen atoms in total. The number of nitrogens with two attached hydrogens (primary N) is 1. The number of carbonyl (C=O) groups excluding carboxylic acids is 2. The summed E-state index contributed by atoms with van der Waals surface area (Å²) in [6.07, 6.45) is 0.823. The van der Waals surface area contributed by atoms with Gasteiger partial charge in [-0.2, -0.15) is 0 Å². The highest BCUT2D eigenvalue weighted by Gasteiger charge is 2.33. The second kappa shape index (κ2) is 11.4. The number of hydrogen-bond acceptors (Lipinski definition) is 4. The van der Waals surface area contributed by atoms with E-state index in [9.17, 15) is 9.59 Å². The number of amides is 2. The summed E-state index contributed by atoms with van der Waals surface area (Å²) in [6.45, 7) is 1.88. The fourth-order valence-electron chi connectivity index (χ4n) is 3.42. The largest absolute Gasteiger partial charge is 0.476 e. The van der Waals surface area contributed by atoms with Gasteiger partial charge in [0.05, 0.1) is 5.92 Å². The van der Waals surface area contributed by atoms with Crippen LogP contribution >= 0.6 is 12.4 Å². The second-order valence-electron chi connectivity index (χ2n) is 6.92. The summed E-state index contributed by atoms with van der Waals surface area (Å²) in [5, 5.41) is 2.83. The number of hydrogen-bond donors (Lipinski definition) is 2. The Morgan fingerprint density at radius 3 is 2.41 bits per heavy atom. The molecule has 0 aromatic heterocycles. The molecule has 2 atom stereocenters. The topological polar surface area (TPSA) is 84.7 Å². The SMILES string of the molecule is Cl.NCCNC(=O)C1CCCN(C(=O)C(Oc2ccccc2)c2ccccc2)C1. The molecule has 1 fully saturated rings. The molecule has 0 radical (unpaired) electrons. The Morgan fingerprint density at radius 1 is 1.10 bits per heavy atom. The van der Waals surface area contributed by atoms with Crippen LogP contribution in [0, 0.1) is 5.92 Å². The van der Waals surface area contributed by atoms with Crippen molar-refractivity contribution in [3.63, 3.8) is 0 Å². The third-order valence-corrected chi connectivity index (χ3v) is 4.87. The van der Waals surface area contributed by atoms with Gasteiger partial charge in [0.15, 0.2) is 0 Å². The molecule has 0 aliphatic carbocycles. The van der Waals surface area contributed by atoms with Gasteiger partial charge in [-0.05, 0) is 25.0 Å². The molecule has 2 aromatic carbocycles. The summed E-state index contributed by atoms with van der Waals surface area (Å²) >= 11 is 0. The summed E-state index contributed by atoms with van der Waals surface area (Å²) in [5.41, 5.74) is 6.26. The maximum atomic E-state index is 13.3. The number of rotatable bonds is 7. The lowest BCUT2D eigenvalue weighted by Gasteiger charge is -2.34. The number of nitrogens with zero attached hydrogens (tertiary/aromatic N) is 1. The summed E-state index contributed by atoms with van der Waals surface area (Å²) < 4.78 is 6.07. The molecule has 3 rings (SSSR count). The summed E-state index contributed by atoms with van der Waals surface area (Å²) in [6, 6.07) is 18.8. The van der Waals surface area contributed by atoms with Gasteiger partial charge in [-0.1, -0.05) is 48.5 Å². The van der Waals surface area contributed by atoms with Crippen LogP contribution in [0.2, 0.25) is 0 Å². The maximum Gasteiger partial charge on any atom is 0.268 e. The lowest BCUT2D eigenvalue weighted by Crippen LogP contribution is -2.48. The van der Waals surface area contributed by atoms with Crippen molar-refractivity contribution in [2.75, 3.05) is 26.2 Å². The predicted molar refractivity (Wildman–Crippen MR) is 115 cm³/mol. The van der Waals surface area contributed by atoms with Gasteiger partial charge in [0.25, 0.3) is 5.91 Å². The lowest BCUT2D eigenvalue weighted by molar-refractivity contribution is -0.142. The molecule has 0 spiro atoms. The van der Waals surface area contributed by atoms with E-state index in [-0.39, 0.29) is 30.1 Å². The van der Waals surface area contributed by atoms with Crippen LogP contribution in [-0.4, -0.2) is 42.9 Å². The predicted octanol–water partition coefficient (Wildman–Crippen LogP) is 2.54. The fourth-order valence-corrected chi connectivity index (χ4v) is 3.42. The lowest BCUT2D eigenvalue weighted by atomic mass is 9.96. The molecule has 1 heterocycles. The van der Waals surface area contributed by atoms with Crippen LogP contribution in [0.15, 0.2) is 60.7 Å². The monoisotopic (exact) mass is 417 g/mol. The van der Waals surface area contributed by atoms with Crippen LogP contribution in [0.25, 0.3) is 0 Å². The molecule has 1 aliphatic heterocycles. The van der Waals surface area contributed by atoms with Crippen molar-refractivity contribution in [2.45, 2.75) is 18.9 Å². The highest BCUT2D eigenvalue weighted by Crippen LogP contribution is 2.26. The van der Waals surface area contributed by atoms with Gasteiger partial charge < -0.3 is 20.7 Å². The molecule has 29 heavy (non-hydrogen) atoms. The highest BCUT2D eigenvalue weighted by atomic mass is 35.5. The summed E-state index contributed by atoms with van der Waals surface area (Å²) in [5.74, 6) is 0.269. The highest BCUT2D eigenvalue weighted by molar-refractivity contribution is 5.85. The molecular formula is C22H28ClN3O3. The summed E-state index contributed by atoms with van der Waals surface area (Å²) in [7, 11) is 0. The Morgan fingerprint density at radius 2 is 1.76 bits per heavy atom. The molecule has 1 aliphatic rings. The van der Waals surface area contributed by atoms with Crippen molar-refractivity contribution in [3.05, 3.63) is 66.2 Å². The van der Waals surface area contributed by atoms with Crippen molar-refractivity contribution < 1.29 is 14.3 Å². The molecule has 0 saturated carbocycles. The number of ether oxygens (including phenoxy) is 1. The normalized spacial score (nSPS) is 17.0. The van der Waals surface area contributed by atoms with Crippen molar-refractivity contribution in [2.24, 2.45) is 11.7 Å². The Hall–Kier alpha value is -2.57. The van der Waals surface area contributed by atoms with Crippen molar-refractivity contribution in [1.82, 2.24) is 10.2 Å². The number of piperidine rings is 1. The molecule has 2 unspecified atom stereocenters. The number of carbonyl (C=O) groups is 2. The standard InChI is InChI=1S/C22H27N3O3.ClH/c23-13-14-24-21(26)18-10-7-15-25(16-18)22(27)20(17-8-3-1-4-9-17)28-19-11-5-2-6-12-19;/h1-6,8-9,11-12,18,20H,7,10,13-16,23H2,(H,24,26);1H. The number of halogens is 1. The van der Waals surface area contributed by atoms with Gasteiger partial charge in [0.1, 0.15) is 5.75 Å². The number of benzene rings is 2. The summed E-state index contributed by atoms with van der Waals surface area (Å²) in [4.78, 5) is 27.4. The molecule has 2 aromatic rings. The maximum absolute atomic E-state index is 13.3. The van der Waals surface area contributed by atoms with E-state index in [0.717, 1.165) is 18.4 Å². The first-order valence-electron chi connectivity index (χ1n) is 9.72. The minimum Gasteiger partial charge on any atom is -0.476 e. The number of para-hydroxylation sites is 1. The van der Waals surface area contributed by atoms with E-state index in [1.165, 1.54) is 0 Å². The zero-order valence-corrected chi connectivity index (χ0v) is 17.1. The molecule has 1 saturated heterocycles. The number of nitrogens with one attached hydrogen (secondary N) is 1. The van der Waals surface area contributed by atoms with Crippen LogP contribution in [-0.2, 0) is 9.59 Å². The Kier molecular flexibility index (Phi) is 8.96. The Labute approximate surface area is 177 Å². The minimum atomic E-state index is -0.741. The van der Waals surface area contributed by atoms with E-state index in [4.69, 9.17) is 10.5 Å². The van der Waals surface area contributed by atoms with Crippen LogP contribution in [0.5, 0.6) is 5.75 Å². The van der Waals surface area contributed by atoms with Crippen molar-refractivity contribution >= 4 is 24.2 Å². The van der Waals surface area contributed by atoms with Crippen LogP contribution < -0.4 is 15.8 Å². The molecule has 3 N–H and O–H groups in total. The molecule has 2 amide bonds. The first kappa shape index (κ1) is 22.7. The Bertz CT molecular complexity index is 773. The van der Waals surface area contributed by atoms with Gasteiger partial charge in [0, 0.05) is 31.7 Å². The van der Waals surface area contributed by atoms with E-state index in [1.54, 1.807) is 4.90 Å². The van der Waals surface area contributed by atoms with Crippen molar-refractivity contribution in [1.29, 1.82) is 0 Å². The van der Waals surface area contributed by atoms with Gasteiger partial charge >= 0.3 is 0 Å². The van der Waals surface area contributed by atoms with E-state index >= 15 is 0 Å². The van der Waals surface area contributed by atoms with E-state index in [0.29, 0.717) is 31.9 Å².